The molecule has 1 fully saturated rings. The number of methoxy groups -OCH3 is 1. The lowest BCUT2D eigenvalue weighted by atomic mass is 9.63. The smallest absolute Gasteiger partial charge is 0.308 e. The Morgan fingerprint density at radius 2 is 1.89 bits per heavy atom. The predicted molar refractivity (Wildman–Crippen MR) is 77.0 cm³/mol. The van der Waals surface area contributed by atoms with Crippen molar-refractivity contribution in [3.63, 3.8) is 0 Å². The van der Waals surface area contributed by atoms with Gasteiger partial charge in [-0.1, -0.05) is 20.3 Å². The highest BCUT2D eigenvalue weighted by atomic mass is 16.5. The highest BCUT2D eigenvalue weighted by Gasteiger charge is 2.44. The zero-order chi connectivity index (χ0) is 14.5. The Kier molecular flexibility index (Phi) is 5.84. The second kappa shape index (κ2) is 6.74. The van der Waals surface area contributed by atoms with E-state index in [4.69, 9.17) is 9.47 Å². The number of esters is 1. The van der Waals surface area contributed by atoms with Gasteiger partial charge in [0.2, 0.25) is 0 Å². The molecule has 1 aliphatic carbocycles. The van der Waals surface area contributed by atoms with E-state index >= 15 is 0 Å². The third-order valence-corrected chi connectivity index (χ3v) is 5.13. The van der Waals surface area contributed by atoms with Gasteiger partial charge in [-0.2, -0.15) is 0 Å². The van der Waals surface area contributed by atoms with Crippen molar-refractivity contribution in [3.8, 4) is 0 Å². The van der Waals surface area contributed by atoms with Crippen molar-refractivity contribution < 1.29 is 14.3 Å². The van der Waals surface area contributed by atoms with E-state index in [0.717, 1.165) is 38.5 Å². The molecule has 0 atom stereocenters. The highest BCUT2D eigenvalue weighted by molar-refractivity contribution is 5.72. The molecule has 0 N–H and O–H groups in total. The molecule has 0 heterocycles. The molecule has 112 valence electrons. The molecule has 0 bridgehead atoms. The number of hydrogen-bond donors (Lipinski definition) is 0. The molecule has 0 spiro atoms. The molecule has 0 unspecified atom stereocenters. The van der Waals surface area contributed by atoms with Crippen LogP contribution in [0.5, 0.6) is 0 Å². The van der Waals surface area contributed by atoms with E-state index in [0.29, 0.717) is 6.61 Å². The summed E-state index contributed by atoms with van der Waals surface area (Å²) < 4.78 is 11.0. The molecule has 3 heteroatoms. The molecule has 0 aromatic carbocycles. The maximum atomic E-state index is 11.9. The van der Waals surface area contributed by atoms with Crippen LogP contribution in [0.15, 0.2) is 0 Å². The number of rotatable bonds is 6. The number of unbranched alkanes of at least 4 members (excludes halogenated alkanes) is 1. The van der Waals surface area contributed by atoms with Crippen LogP contribution in [0.1, 0.15) is 66.2 Å². The van der Waals surface area contributed by atoms with Crippen LogP contribution in [0, 0.1) is 11.3 Å². The van der Waals surface area contributed by atoms with Crippen molar-refractivity contribution in [3.05, 3.63) is 0 Å². The molecular weight excluding hydrogens is 240 g/mol. The van der Waals surface area contributed by atoms with Crippen molar-refractivity contribution in [2.24, 2.45) is 11.3 Å². The summed E-state index contributed by atoms with van der Waals surface area (Å²) in [5.41, 5.74) is 0.0199. The zero-order valence-electron chi connectivity index (χ0n) is 13.3. The fourth-order valence-electron chi connectivity index (χ4n) is 2.77. The summed E-state index contributed by atoms with van der Waals surface area (Å²) in [7, 11) is 1.77. The van der Waals surface area contributed by atoms with Crippen LogP contribution in [0.3, 0.4) is 0 Å². The molecule has 0 radical (unpaired) electrons. The number of ether oxygens (including phenoxy) is 2. The maximum absolute atomic E-state index is 11.9. The van der Waals surface area contributed by atoms with Crippen LogP contribution in [0.2, 0.25) is 0 Å². The minimum absolute atomic E-state index is 0.00530. The van der Waals surface area contributed by atoms with Gasteiger partial charge in [0.15, 0.2) is 0 Å². The molecule has 1 rings (SSSR count). The Morgan fingerprint density at radius 3 is 2.37 bits per heavy atom. The largest absolute Gasteiger partial charge is 0.465 e. The van der Waals surface area contributed by atoms with E-state index in [1.165, 1.54) is 0 Å². The quantitative estimate of drug-likeness (QED) is 0.541. The molecule has 0 amide bonds. The fraction of sp³-hybridized carbons (Fsp3) is 0.938. The number of hydrogen-bond acceptors (Lipinski definition) is 3. The van der Waals surface area contributed by atoms with Crippen LogP contribution in [0.25, 0.3) is 0 Å². The number of carbonyl (C=O) groups is 1. The Hall–Kier alpha value is -0.570. The van der Waals surface area contributed by atoms with Gasteiger partial charge in [0, 0.05) is 7.11 Å². The summed E-state index contributed by atoms with van der Waals surface area (Å²) in [6.07, 6.45) is 5.94. The van der Waals surface area contributed by atoms with E-state index in [1.54, 1.807) is 7.11 Å². The average molecular weight is 270 g/mol. The summed E-state index contributed by atoms with van der Waals surface area (Å²) >= 11 is 0. The Balaban J connectivity index is 2.46. The van der Waals surface area contributed by atoms with Crippen molar-refractivity contribution in [1.82, 2.24) is 0 Å². The van der Waals surface area contributed by atoms with E-state index in [2.05, 4.69) is 27.7 Å². The first-order chi connectivity index (χ1) is 8.86. The first-order valence-electron chi connectivity index (χ1n) is 7.58. The van der Waals surface area contributed by atoms with Crippen LogP contribution in [-0.4, -0.2) is 25.3 Å². The summed E-state index contributed by atoms with van der Waals surface area (Å²) in [5.74, 6) is 0.100. The van der Waals surface area contributed by atoms with Crippen molar-refractivity contribution in [2.45, 2.75) is 71.8 Å². The molecule has 0 aliphatic heterocycles. The second-order valence-electron chi connectivity index (χ2n) is 6.57. The summed E-state index contributed by atoms with van der Waals surface area (Å²) in [6, 6.07) is 0. The SMILES string of the molecule is CCCCOC(=O)C1CCC(C)(C(C)(C)OC)CC1. The van der Waals surface area contributed by atoms with Crippen molar-refractivity contribution in [2.75, 3.05) is 13.7 Å². The lowest BCUT2D eigenvalue weighted by Crippen LogP contribution is -2.46. The first kappa shape index (κ1) is 16.5. The molecule has 0 aromatic heterocycles. The lowest BCUT2D eigenvalue weighted by molar-refractivity contribution is -0.154. The molecule has 0 saturated heterocycles. The van der Waals surface area contributed by atoms with Crippen LogP contribution in [-0.2, 0) is 14.3 Å². The average Bonchev–Trinajstić information content (AvgIpc) is 2.39. The first-order valence-corrected chi connectivity index (χ1v) is 7.58. The number of carbonyl (C=O) groups excluding carboxylic acids is 1. The van der Waals surface area contributed by atoms with Crippen LogP contribution < -0.4 is 0 Å². The summed E-state index contributed by atoms with van der Waals surface area (Å²) in [5, 5.41) is 0. The van der Waals surface area contributed by atoms with Crippen LogP contribution in [0.4, 0.5) is 0 Å². The van der Waals surface area contributed by atoms with Gasteiger partial charge in [-0.05, 0) is 51.4 Å². The monoisotopic (exact) mass is 270 g/mol. The topological polar surface area (TPSA) is 35.5 Å². The van der Waals surface area contributed by atoms with Gasteiger partial charge in [0.25, 0.3) is 0 Å². The fourth-order valence-corrected chi connectivity index (χ4v) is 2.77. The third kappa shape index (κ3) is 3.95. The predicted octanol–water partition coefficient (Wildman–Crippen LogP) is 3.95. The molecule has 1 saturated carbocycles. The van der Waals surface area contributed by atoms with Gasteiger partial charge in [0.1, 0.15) is 0 Å². The van der Waals surface area contributed by atoms with Gasteiger partial charge in [-0.3, -0.25) is 4.79 Å². The second-order valence-corrected chi connectivity index (χ2v) is 6.57. The normalized spacial score (nSPS) is 28.2. The molecule has 0 aromatic rings. The van der Waals surface area contributed by atoms with E-state index in [-0.39, 0.29) is 22.9 Å². The highest BCUT2D eigenvalue weighted by Crippen LogP contribution is 2.47. The molecular formula is C16H30O3. The lowest BCUT2D eigenvalue weighted by Gasteiger charge is -2.47. The Morgan fingerprint density at radius 1 is 1.32 bits per heavy atom. The Bertz CT molecular complexity index is 288. The minimum Gasteiger partial charge on any atom is -0.465 e. The molecule has 19 heavy (non-hydrogen) atoms. The van der Waals surface area contributed by atoms with E-state index < -0.39 is 0 Å². The standard InChI is InChI=1S/C16H30O3/c1-6-7-12-19-14(17)13-8-10-16(4,11-9-13)15(2,3)18-5/h13H,6-12H2,1-5H3. The Labute approximate surface area is 118 Å². The van der Waals surface area contributed by atoms with Gasteiger partial charge in [-0.25, -0.2) is 0 Å². The van der Waals surface area contributed by atoms with Gasteiger partial charge < -0.3 is 9.47 Å². The van der Waals surface area contributed by atoms with Crippen LogP contribution >= 0.6 is 0 Å². The summed E-state index contributed by atoms with van der Waals surface area (Å²) in [4.78, 5) is 11.9. The van der Waals surface area contributed by atoms with E-state index in [9.17, 15) is 4.79 Å². The molecule has 1 aliphatic rings. The van der Waals surface area contributed by atoms with Gasteiger partial charge in [-0.15, -0.1) is 0 Å². The van der Waals surface area contributed by atoms with Gasteiger partial charge in [0.05, 0.1) is 18.1 Å². The van der Waals surface area contributed by atoms with E-state index in [1.807, 2.05) is 0 Å². The van der Waals surface area contributed by atoms with Gasteiger partial charge >= 0.3 is 5.97 Å². The minimum atomic E-state index is -0.135. The van der Waals surface area contributed by atoms with Crippen molar-refractivity contribution in [1.29, 1.82) is 0 Å². The molecule has 3 nitrogen and oxygen atoms in total. The van der Waals surface area contributed by atoms with Crippen molar-refractivity contribution >= 4 is 5.97 Å². The third-order valence-electron chi connectivity index (χ3n) is 5.13. The maximum Gasteiger partial charge on any atom is 0.308 e. The summed E-state index contributed by atoms with van der Waals surface area (Å²) in [6.45, 7) is 9.24. The zero-order valence-corrected chi connectivity index (χ0v) is 13.3.